The molecule has 0 radical (unpaired) electrons. The van der Waals surface area contributed by atoms with E-state index in [0.717, 1.165) is 0 Å². The highest BCUT2D eigenvalue weighted by Crippen LogP contribution is 2.12. The number of piperidine rings is 2. The minimum atomic E-state index is -0.470. The van der Waals surface area contributed by atoms with Gasteiger partial charge in [-0.15, -0.1) is 10.1 Å². The molecule has 126 valence electrons. The van der Waals surface area contributed by atoms with Gasteiger partial charge in [-0.05, 0) is 25.7 Å². The van der Waals surface area contributed by atoms with Gasteiger partial charge >= 0.3 is 11.9 Å². The van der Waals surface area contributed by atoms with Crippen molar-refractivity contribution in [2.75, 3.05) is 26.2 Å². The Balaban J connectivity index is 1.58. The number of aliphatic hydroxyl groups is 2. The third-order valence-corrected chi connectivity index (χ3v) is 3.84. The van der Waals surface area contributed by atoms with Crippen molar-refractivity contribution in [1.29, 1.82) is 0 Å². The molecule has 2 heterocycles. The molecule has 2 fully saturated rings. The van der Waals surface area contributed by atoms with Crippen LogP contribution >= 0.6 is 0 Å². The molecular formula is C14H24N2O6. The van der Waals surface area contributed by atoms with Crippen molar-refractivity contribution < 1.29 is 29.5 Å². The van der Waals surface area contributed by atoms with Crippen LogP contribution in [0.2, 0.25) is 0 Å². The van der Waals surface area contributed by atoms with Gasteiger partial charge in [-0.2, -0.15) is 0 Å². The smallest absolute Gasteiger partial charge is 0.325 e. The summed E-state index contributed by atoms with van der Waals surface area (Å²) in [7, 11) is 0. The van der Waals surface area contributed by atoms with Crippen LogP contribution < -0.4 is 0 Å². The molecule has 2 aliphatic heterocycles. The third-order valence-electron chi connectivity index (χ3n) is 3.84. The van der Waals surface area contributed by atoms with Crippen LogP contribution in [0.15, 0.2) is 0 Å². The molecule has 0 saturated carbocycles. The zero-order valence-corrected chi connectivity index (χ0v) is 12.6. The van der Waals surface area contributed by atoms with Crippen molar-refractivity contribution in [3.05, 3.63) is 0 Å². The molecule has 0 amide bonds. The molecule has 2 aliphatic rings. The summed E-state index contributed by atoms with van der Waals surface area (Å²) in [5.74, 6) is -0.940. The summed E-state index contributed by atoms with van der Waals surface area (Å²) in [5, 5.41) is 21.8. The number of nitrogens with zero attached hydrogens (tertiary/aromatic N) is 2. The first-order chi connectivity index (χ1) is 10.5. The maximum atomic E-state index is 11.7. The molecule has 0 unspecified atom stereocenters. The minimum absolute atomic E-state index is 0.0334. The van der Waals surface area contributed by atoms with E-state index in [1.165, 1.54) is 10.1 Å². The van der Waals surface area contributed by atoms with Gasteiger partial charge in [0.15, 0.2) is 0 Å². The summed E-state index contributed by atoms with van der Waals surface area (Å²) < 4.78 is 0. The van der Waals surface area contributed by atoms with Crippen molar-refractivity contribution in [2.45, 2.75) is 50.7 Å². The molecule has 2 rings (SSSR count). The second-order valence-corrected chi connectivity index (χ2v) is 5.75. The molecule has 22 heavy (non-hydrogen) atoms. The summed E-state index contributed by atoms with van der Waals surface area (Å²) in [6.45, 7) is 2.03. The van der Waals surface area contributed by atoms with Crippen LogP contribution in [0.3, 0.4) is 0 Å². The molecular weight excluding hydrogens is 292 g/mol. The van der Waals surface area contributed by atoms with Gasteiger partial charge in [0.1, 0.15) is 0 Å². The average molecular weight is 316 g/mol. The largest absolute Gasteiger partial charge is 0.393 e. The summed E-state index contributed by atoms with van der Waals surface area (Å²) in [6.07, 6.45) is 1.60. The monoisotopic (exact) mass is 316 g/mol. The van der Waals surface area contributed by atoms with E-state index in [2.05, 4.69) is 0 Å². The molecule has 8 heteroatoms. The number of hydroxylamine groups is 4. The second kappa shape index (κ2) is 8.42. The van der Waals surface area contributed by atoms with Crippen LogP contribution in [-0.4, -0.2) is 70.7 Å². The van der Waals surface area contributed by atoms with Crippen molar-refractivity contribution in [2.24, 2.45) is 0 Å². The predicted octanol–water partition coefficient (Wildman–Crippen LogP) is -0.404. The number of hydrogen-bond acceptors (Lipinski definition) is 8. The zero-order chi connectivity index (χ0) is 15.9. The summed E-state index contributed by atoms with van der Waals surface area (Å²) in [6, 6.07) is 0. The average Bonchev–Trinajstić information content (AvgIpc) is 2.50. The quantitative estimate of drug-likeness (QED) is 0.706. The fraction of sp³-hybridized carbons (Fsp3) is 0.857. The molecule has 8 nitrogen and oxygen atoms in total. The van der Waals surface area contributed by atoms with Crippen LogP contribution in [0.5, 0.6) is 0 Å². The first-order valence-corrected chi connectivity index (χ1v) is 7.80. The maximum Gasteiger partial charge on any atom is 0.325 e. The third kappa shape index (κ3) is 5.88. The van der Waals surface area contributed by atoms with E-state index < -0.39 is 11.9 Å². The Labute approximate surface area is 129 Å². The van der Waals surface area contributed by atoms with E-state index in [0.29, 0.717) is 51.9 Å². The van der Waals surface area contributed by atoms with Crippen LogP contribution in [0.4, 0.5) is 0 Å². The van der Waals surface area contributed by atoms with Gasteiger partial charge in [-0.25, -0.2) is 0 Å². The number of carbonyl (C=O) groups excluding carboxylic acids is 2. The van der Waals surface area contributed by atoms with Gasteiger partial charge in [0.25, 0.3) is 0 Å². The molecule has 0 bridgehead atoms. The van der Waals surface area contributed by atoms with E-state index in [9.17, 15) is 19.8 Å². The fourth-order valence-electron chi connectivity index (χ4n) is 2.45. The van der Waals surface area contributed by atoms with Crippen molar-refractivity contribution in [3.8, 4) is 0 Å². The predicted molar refractivity (Wildman–Crippen MR) is 75.0 cm³/mol. The van der Waals surface area contributed by atoms with Gasteiger partial charge in [0, 0.05) is 26.2 Å². The Morgan fingerprint density at radius 1 is 0.773 bits per heavy atom. The molecule has 0 aromatic rings. The van der Waals surface area contributed by atoms with Crippen molar-refractivity contribution >= 4 is 11.9 Å². The maximum absolute atomic E-state index is 11.7. The van der Waals surface area contributed by atoms with E-state index in [1.54, 1.807) is 0 Å². The first-order valence-electron chi connectivity index (χ1n) is 7.80. The lowest BCUT2D eigenvalue weighted by molar-refractivity contribution is -0.205. The summed E-state index contributed by atoms with van der Waals surface area (Å²) in [4.78, 5) is 33.5. The van der Waals surface area contributed by atoms with Gasteiger partial charge in [-0.1, -0.05) is 0 Å². The Hall–Kier alpha value is -1.22. The van der Waals surface area contributed by atoms with E-state index in [4.69, 9.17) is 9.68 Å². The number of rotatable bonds is 5. The van der Waals surface area contributed by atoms with E-state index in [-0.39, 0.29) is 25.0 Å². The molecule has 2 N–H and O–H groups in total. The Bertz CT molecular complexity index is 340. The van der Waals surface area contributed by atoms with E-state index in [1.807, 2.05) is 0 Å². The topological polar surface area (TPSA) is 99.5 Å². The van der Waals surface area contributed by atoms with Crippen LogP contribution in [0.25, 0.3) is 0 Å². The Morgan fingerprint density at radius 3 is 1.41 bits per heavy atom. The van der Waals surface area contributed by atoms with E-state index >= 15 is 0 Å². The lowest BCUT2D eigenvalue weighted by atomic mass is 10.1. The Kier molecular flexibility index (Phi) is 6.56. The SMILES string of the molecule is O=C(CCC(=O)ON1CCC(O)CC1)ON1CCC(O)CC1. The van der Waals surface area contributed by atoms with Gasteiger partial charge in [0.2, 0.25) is 0 Å². The first kappa shape index (κ1) is 17.1. The Morgan fingerprint density at radius 2 is 1.09 bits per heavy atom. The molecule has 0 aromatic carbocycles. The van der Waals surface area contributed by atoms with Gasteiger partial charge in [-0.3, -0.25) is 9.59 Å². The minimum Gasteiger partial charge on any atom is -0.393 e. The highest BCUT2D eigenvalue weighted by molar-refractivity contribution is 5.77. The molecule has 0 spiro atoms. The number of aliphatic hydroxyl groups excluding tert-OH is 2. The molecule has 0 aliphatic carbocycles. The van der Waals surface area contributed by atoms with Crippen LogP contribution in [0.1, 0.15) is 38.5 Å². The standard InChI is InChI=1S/C14H24N2O6/c17-11-3-7-15(8-4-11)21-13(19)1-2-14(20)22-16-9-5-12(18)6-10-16/h11-12,17-18H,1-10H2. The highest BCUT2D eigenvalue weighted by Gasteiger charge is 2.22. The fourth-order valence-corrected chi connectivity index (χ4v) is 2.45. The zero-order valence-electron chi connectivity index (χ0n) is 12.6. The molecule has 0 aromatic heterocycles. The number of hydrogen-bond donors (Lipinski definition) is 2. The van der Waals surface area contributed by atoms with Crippen LogP contribution in [-0.2, 0) is 19.3 Å². The van der Waals surface area contributed by atoms with Crippen molar-refractivity contribution in [1.82, 2.24) is 10.1 Å². The summed E-state index contributed by atoms with van der Waals surface area (Å²) >= 11 is 0. The second-order valence-electron chi connectivity index (χ2n) is 5.75. The highest BCUT2D eigenvalue weighted by atomic mass is 16.7. The van der Waals surface area contributed by atoms with Crippen LogP contribution in [0, 0.1) is 0 Å². The normalized spacial score (nSPS) is 22.5. The van der Waals surface area contributed by atoms with Crippen molar-refractivity contribution in [3.63, 3.8) is 0 Å². The van der Waals surface area contributed by atoms with Gasteiger partial charge in [0.05, 0.1) is 25.0 Å². The lowest BCUT2D eigenvalue weighted by Crippen LogP contribution is -2.38. The summed E-state index contributed by atoms with van der Waals surface area (Å²) in [5.41, 5.74) is 0. The lowest BCUT2D eigenvalue weighted by Gasteiger charge is -2.28. The molecule has 2 saturated heterocycles. The molecule has 0 atom stereocenters. The van der Waals surface area contributed by atoms with Gasteiger partial charge < -0.3 is 19.9 Å². The number of carbonyl (C=O) groups is 2.